The molecule has 0 fully saturated rings. The van der Waals surface area contributed by atoms with Gasteiger partial charge in [0.1, 0.15) is 0 Å². The lowest BCUT2D eigenvalue weighted by molar-refractivity contribution is 1.12. The number of halogens is 1. The Morgan fingerprint density at radius 1 is 1.47 bits per heavy atom. The lowest BCUT2D eigenvalue weighted by Gasteiger charge is -2.02. The van der Waals surface area contributed by atoms with Gasteiger partial charge in [0.05, 0.1) is 5.69 Å². The number of rotatable bonds is 3. The zero-order chi connectivity index (χ0) is 10.7. The number of aryl methyl sites for hydroxylation is 1. The number of benzene rings is 1. The van der Waals surface area contributed by atoms with Crippen LogP contribution in [0.15, 0.2) is 29.6 Å². The van der Waals surface area contributed by atoms with Crippen molar-refractivity contribution >= 4 is 28.1 Å². The summed E-state index contributed by atoms with van der Waals surface area (Å²) in [5.74, 6) is 0. The Balaban J connectivity index is 1.99. The lowest BCUT2D eigenvalue weighted by Crippen LogP contribution is -1.98. The molecule has 2 aromatic rings. The summed E-state index contributed by atoms with van der Waals surface area (Å²) in [6, 6.07) is 7.82. The van der Waals surface area contributed by atoms with Gasteiger partial charge < -0.3 is 5.32 Å². The van der Waals surface area contributed by atoms with Crippen molar-refractivity contribution < 1.29 is 0 Å². The first-order valence-corrected chi connectivity index (χ1v) is 5.90. The van der Waals surface area contributed by atoms with Crippen LogP contribution < -0.4 is 5.32 Å². The summed E-state index contributed by atoms with van der Waals surface area (Å²) in [4.78, 5) is 4.32. The van der Waals surface area contributed by atoms with Crippen LogP contribution in [0.3, 0.4) is 0 Å². The maximum Gasteiger partial charge on any atom is 0.183 e. The van der Waals surface area contributed by atoms with Gasteiger partial charge >= 0.3 is 0 Å². The SMILES string of the molecule is Cc1csc(NCc2cccc(Cl)c2)n1. The van der Waals surface area contributed by atoms with E-state index in [1.807, 2.05) is 36.6 Å². The number of nitrogens with one attached hydrogen (secondary N) is 1. The van der Waals surface area contributed by atoms with Crippen LogP contribution in [0.4, 0.5) is 5.13 Å². The molecule has 0 aliphatic rings. The zero-order valence-electron chi connectivity index (χ0n) is 8.33. The maximum atomic E-state index is 5.89. The second-order valence-electron chi connectivity index (χ2n) is 3.28. The third-order valence-electron chi connectivity index (χ3n) is 1.95. The number of hydrogen-bond donors (Lipinski definition) is 1. The number of thiazole rings is 1. The van der Waals surface area contributed by atoms with Crippen LogP contribution in [-0.4, -0.2) is 4.98 Å². The normalized spacial score (nSPS) is 10.3. The standard InChI is InChI=1S/C11H11ClN2S/c1-8-7-15-11(14-8)13-6-9-3-2-4-10(12)5-9/h2-5,7H,6H2,1H3,(H,13,14). The van der Waals surface area contributed by atoms with Crippen LogP contribution in [0.5, 0.6) is 0 Å². The minimum absolute atomic E-state index is 0.757. The van der Waals surface area contributed by atoms with E-state index in [1.54, 1.807) is 11.3 Å². The molecule has 0 aliphatic carbocycles. The first-order valence-electron chi connectivity index (χ1n) is 4.64. The first kappa shape index (κ1) is 10.5. The highest BCUT2D eigenvalue weighted by molar-refractivity contribution is 7.13. The molecule has 1 aromatic heterocycles. The van der Waals surface area contributed by atoms with Crippen LogP contribution in [-0.2, 0) is 6.54 Å². The molecule has 2 rings (SSSR count). The molecule has 78 valence electrons. The molecule has 0 amide bonds. The second kappa shape index (κ2) is 4.64. The van der Waals surface area contributed by atoms with Crippen LogP contribution in [0.2, 0.25) is 5.02 Å². The molecule has 0 radical (unpaired) electrons. The number of aromatic nitrogens is 1. The third-order valence-corrected chi connectivity index (χ3v) is 3.10. The van der Waals surface area contributed by atoms with Gasteiger partial charge in [0, 0.05) is 16.9 Å². The molecule has 0 spiro atoms. The van der Waals surface area contributed by atoms with Gasteiger partial charge in [-0.15, -0.1) is 11.3 Å². The highest BCUT2D eigenvalue weighted by Crippen LogP contribution is 2.16. The van der Waals surface area contributed by atoms with Gasteiger partial charge in [0.25, 0.3) is 0 Å². The average molecular weight is 239 g/mol. The molecule has 0 saturated heterocycles. The maximum absolute atomic E-state index is 5.89. The van der Waals surface area contributed by atoms with Crippen molar-refractivity contribution in [2.24, 2.45) is 0 Å². The summed E-state index contributed by atoms with van der Waals surface area (Å²) >= 11 is 7.51. The molecular weight excluding hydrogens is 228 g/mol. The smallest absolute Gasteiger partial charge is 0.183 e. The van der Waals surface area contributed by atoms with Crippen LogP contribution in [0.1, 0.15) is 11.3 Å². The Bertz CT molecular complexity index is 453. The predicted molar refractivity (Wildman–Crippen MR) is 65.6 cm³/mol. The highest BCUT2D eigenvalue weighted by atomic mass is 35.5. The molecule has 1 aromatic carbocycles. The third kappa shape index (κ3) is 2.94. The van der Waals surface area contributed by atoms with Crippen LogP contribution in [0, 0.1) is 6.92 Å². The van der Waals surface area contributed by atoms with Crippen molar-refractivity contribution in [2.45, 2.75) is 13.5 Å². The Hall–Kier alpha value is -1.06. The van der Waals surface area contributed by atoms with Gasteiger partial charge in [0.2, 0.25) is 0 Å². The minimum atomic E-state index is 0.757. The average Bonchev–Trinajstić information content (AvgIpc) is 2.62. The van der Waals surface area contributed by atoms with Crippen molar-refractivity contribution in [3.05, 3.63) is 45.9 Å². The van der Waals surface area contributed by atoms with Crippen molar-refractivity contribution in [1.82, 2.24) is 4.98 Å². The Labute approximate surface area is 97.9 Å². The Morgan fingerprint density at radius 2 is 2.33 bits per heavy atom. The molecule has 4 heteroatoms. The van der Waals surface area contributed by atoms with E-state index >= 15 is 0 Å². The van der Waals surface area contributed by atoms with E-state index in [0.717, 1.165) is 28.0 Å². The van der Waals surface area contributed by atoms with E-state index in [-0.39, 0.29) is 0 Å². The van der Waals surface area contributed by atoms with E-state index in [4.69, 9.17) is 11.6 Å². The highest BCUT2D eigenvalue weighted by Gasteiger charge is 1.98. The van der Waals surface area contributed by atoms with E-state index < -0.39 is 0 Å². The molecule has 0 saturated carbocycles. The van der Waals surface area contributed by atoms with Crippen LogP contribution in [0.25, 0.3) is 0 Å². The number of nitrogens with zero attached hydrogens (tertiary/aromatic N) is 1. The summed E-state index contributed by atoms with van der Waals surface area (Å²) in [6.45, 7) is 2.74. The molecule has 0 bridgehead atoms. The van der Waals surface area contributed by atoms with E-state index in [2.05, 4.69) is 10.3 Å². The van der Waals surface area contributed by atoms with Crippen molar-refractivity contribution in [2.75, 3.05) is 5.32 Å². The van der Waals surface area contributed by atoms with Gasteiger partial charge in [0.15, 0.2) is 5.13 Å². The largest absolute Gasteiger partial charge is 0.357 e. The molecular formula is C11H11ClN2S. The van der Waals surface area contributed by atoms with Gasteiger partial charge in [-0.2, -0.15) is 0 Å². The summed E-state index contributed by atoms with van der Waals surface area (Å²) < 4.78 is 0. The summed E-state index contributed by atoms with van der Waals surface area (Å²) in [5.41, 5.74) is 2.21. The first-order chi connectivity index (χ1) is 7.24. The molecule has 1 heterocycles. The molecule has 1 N–H and O–H groups in total. The van der Waals surface area contributed by atoms with E-state index in [9.17, 15) is 0 Å². The minimum Gasteiger partial charge on any atom is -0.357 e. The molecule has 0 aliphatic heterocycles. The van der Waals surface area contributed by atoms with Crippen LogP contribution >= 0.6 is 22.9 Å². The zero-order valence-corrected chi connectivity index (χ0v) is 9.90. The molecule has 15 heavy (non-hydrogen) atoms. The molecule has 0 atom stereocenters. The van der Waals surface area contributed by atoms with Gasteiger partial charge in [-0.3, -0.25) is 0 Å². The summed E-state index contributed by atoms with van der Waals surface area (Å²) in [7, 11) is 0. The quantitative estimate of drug-likeness (QED) is 0.882. The fourth-order valence-corrected chi connectivity index (χ4v) is 2.16. The van der Waals surface area contributed by atoms with Crippen molar-refractivity contribution in [1.29, 1.82) is 0 Å². The summed E-state index contributed by atoms with van der Waals surface area (Å²) in [5, 5.41) is 7.01. The van der Waals surface area contributed by atoms with Gasteiger partial charge in [-0.25, -0.2) is 4.98 Å². The predicted octanol–water partition coefficient (Wildman–Crippen LogP) is 3.72. The molecule has 2 nitrogen and oxygen atoms in total. The number of anilines is 1. The monoisotopic (exact) mass is 238 g/mol. The second-order valence-corrected chi connectivity index (χ2v) is 4.57. The summed E-state index contributed by atoms with van der Waals surface area (Å²) in [6.07, 6.45) is 0. The lowest BCUT2D eigenvalue weighted by atomic mass is 10.2. The Morgan fingerprint density at radius 3 is 3.00 bits per heavy atom. The van der Waals surface area contributed by atoms with E-state index in [1.165, 1.54) is 0 Å². The Kier molecular flexibility index (Phi) is 3.23. The van der Waals surface area contributed by atoms with Crippen molar-refractivity contribution in [3.63, 3.8) is 0 Å². The van der Waals surface area contributed by atoms with Gasteiger partial charge in [-0.05, 0) is 24.6 Å². The number of hydrogen-bond acceptors (Lipinski definition) is 3. The van der Waals surface area contributed by atoms with Gasteiger partial charge in [-0.1, -0.05) is 23.7 Å². The fraction of sp³-hybridized carbons (Fsp3) is 0.182. The topological polar surface area (TPSA) is 24.9 Å². The van der Waals surface area contributed by atoms with E-state index in [0.29, 0.717) is 0 Å². The fourth-order valence-electron chi connectivity index (χ4n) is 1.26. The molecule has 0 unspecified atom stereocenters. The van der Waals surface area contributed by atoms with Crippen molar-refractivity contribution in [3.8, 4) is 0 Å².